The van der Waals surface area contributed by atoms with Crippen LogP contribution in [0.4, 0.5) is 5.69 Å². The molecule has 2 aliphatic rings. The molecule has 58 heavy (non-hydrogen) atoms. The molecule has 5 N–H and O–H groups in total. The number of rotatable bonds is 19. The molecular weight excluding hydrogens is 745 g/mol. The molecule has 1 fully saturated rings. The van der Waals surface area contributed by atoms with Crippen molar-refractivity contribution in [3.8, 4) is 17.2 Å². The first-order valence-electron chi connectivity index (χ1n) is 19.2. The van der Waals surface area contributed by atoms with E-state index in [0.29, 0.717) is 24.5 Å². The molecule has 2 heterocycles. The molecule has 14 nitrogen and oxygen atoms in total. The van der Waals surface area contributed by atoms with Crippen molar-refractivity contribution in [3.63, 3.8) is 0 Å². The number of carbonyl (C=O) groups excluding carboxylic acids is 5. The van der Waals surface area contributed by atoms with E-state index in [2.05, 4.69) is 22.9 Å². The summed E-state index contributed by atoms with van der Waals surface area (Å²) in [5.41, 5.74) is 5.81. The Hall–Kier alpha value is -6.51. The number of fused-ring (bicyclic) bond motifs is 1. The average Bonchev–Trinajstić information content (AvgIpc) is 3.48. The highest BCUT2D eigenvalue weighted by atomic mass is 16.5. The maximum absolute atomic E-state index is 13.2. The summed E-state index contributed by atoms with van der Waals surface area (Å²) in [5, 5.41) is 27.9. The van der Waals surface area contributed by atoms with E-state index < -0.39 is 29.7 Å². The molecular formula is C44H46N4O10. The van der Waals surface area contributed by atoms with Crippen LogP contribution in [-0.4, -0.2) is 96.8 Å². The number of nitrogens with zero attached hydrogens (tertiary/aromatic N) is 1. The number of amides is 5. The predicted molar refractivity (Wildman–Crippen MR) is 215 cm³/mol. The van der Waals surface area contributed by atoms with Gasteiger partial charge in [-0.25, -0.2) is 0 Å². The number of aromatic hydroxyl groups is 2. The number of phenolic OH excluding ortho intramolecular Hbond substituents is 2. The summed E-state index contributed by atoms with van der Waals surface area (Å²) in [6.45, 7) is 4.06. The van der Waals surface area contributed by atoms with E-state index in [4.69, 9.17) is 14.2 Å². The molecule has 302 valence electrons. The second-order valence-corrected chi connectivity index (χ2v) is 13.6. The van der Waals surface area contributed by atoms with Crippen LogP contribution in [0, 0.1) is 0 Å². The molecule has 0 spiro atoms. The quantitative estimate of drug-likeness (QED) is 0.0493. The number of hydrogen-bond acceptors (Lipinski definition) is 11. The molecule has 2 aliphatic heterocycles. The zero-order chi connectivity index (χ0) is 41.0. The van der Waals surface area contributed by atoms with Crippen LogP contribution in [0.1, 0.15) is 70.0 Å². The lowest BCUT2D eigenvalue weighted by Crippen LogP contribution is -2.54. The summed E-state index contributed by atoms with van der Waals surface area (Å²) in [5.74, 6) is -1.39. The second kappa shape index (κ2) is 19.6. The number of anilines is 1. The molecule has 4 aromatic rings. The number of allylic oxidation sites excluding steroid dienone is 1. The van der Waals surface area contributed by atoms with Crippen molar-refractivity contribution >= 4 is 46.4 Å². The topological polar surface area (TPSA) is 193 Å². The van der Waals surface area contributed by atoms with E-state index >= 15 is 0 Å². The van der Waals surface area contributed by atoms with Crippen LogP contribution in [0.5, 0.6) is 17.2 Å². The van der Waals surface area contributed by atoms with Crippen LogP contribution in [0.25, 0.3) is 11.1 Å². The maximum atomic E-state index is 13.2. The number of piperidine rings is 1. The van der Waals surface area contributed by atoms with Crippen molar-refractivity contribution in [2.45, 2.75) is 38.6 Å². The Labute approximate surface area is 335 Å². The maximum Gasteiger partial charge on any atom is 0.264 e. The summed E-state index contributed by atoms with van der Waals surface area (Å²) in [6.07, 6.45) is 1.04. The van der Waals surface area contributed by atoms with Gasteiger partial charge in [-0.15, -0.1) is 0 Å². The smallest absolute Gasteiger partial charge is 0.264 e. The fourth-order valence-electron chi connectivity index (χ4n) is 6.90. The zero-order valence-corrected chi connectivity index (χ0v) is 32.1. The van der Waals surface area contributed by atoms with Gasteiger partial charge in [0, 0.05) is 25.1 Å². The van der Waals surface area contributed by atoms with Gasteiger partial charge in [0.2, 0.25) is 17.7 Å². The SMILES string of the molecule is CCC(=C(c1ccc(O)cc1)c1ccc(OCCNC(=O)CCOCCOCCNc2cccc3c2C(=O)N(C2CCC(=O)NC2=O)C3=O)cc1)c1ccc(O)cc1. The highest BCUT2D eigenvalue weighted by molar-refractivity contribution is 6.25. The molecule has 0 saturated carbocycles. The minimum atomic E-state index is -1.03. The molecule has 0 aliphatic carbocycles. The third-order valence-electron chi connectivity index (χ3n) is 9.74. The zero-order valence-electron chi connectivity index (χ0n) is 32.1. The molecule has 0 aromatic heterocycles. The third-order valence-corrected chi connectivity index (χ3v) is 9.74. The van der Waals surface area contributed by atoms with Gasteiger partial charge in [-0.3, -0.25) is 34.2 Å². The Bertz CT molecular complexity index is 2150. The van der Waals surface area contributed by atoms with E-state index in [0.717, 1.165) is 39.2 Å². The van der Waals surface area contributed by atoms with Crippen LogP contribution in [0.3, 0.4) is 0 Å². The van der Waals surface area contributed by atoms with Gasteiger partial charge in [0.05, 0.1) is 44.1 Å². The largest absolute Gasteiger partial charge is 0.508 e. The first-order valence-corrected chi connectivity index (χ1v) is 19.2. The van der Waals surface area contributed by atoms with Crippen LogP contribution in [0.2, 0.25) is 0 Å². The predicted octanol–water partition coefficient (Wildman–Crippen LogP) is 4.90. The van der Waals surface area contributed by atoms with Crippen molar-refractivity contribution in [2.24, 2.45) is 0 Å². The molecule has 6 rings (SSSR count). The number of phenols is 2. The van der Waals surface area contributed by atoms with Crippen LogP contribution in [-0.2, 0) is 23.9 Å². The van der Waals surface area contributed by atoms with Gasteiger partial charge >= 0.3 is 0 Å². The van der Waals surface area contributed by atoms with Crippen molar-refractivity contribution in [1.82, 2.24) is 15.5 Å². The van der Waals surface area contributed by atoms with E-state index in [-0.39, 0.29) is 80.8 Å². The summed E-state index contributed by atoms with van der Waals surface area (Å²) in [6, 6.07) is 25.7. The number of ether oxygens (including phenoxy) is 3. The molecule has 4 aromatic carbocycles. The lowest BCUT2D eigenvalue weighted by molar-refractivity contribution is -0.136. The summed E-state index contributed by atoms with van der Waals surface area (Å²) >= 11 is 0. The van der Waals surface area contributed by atoms with Crippen LogP contribution >= 0.6 is 0 Å². The van der Waals surface area contributed by atoms with E-state index in [9.17, 15) is 34.2 Å². The van der Waals surface area contributed by atoms with E-state index in [1.54, 1.807) is 36.4 Å². The monoisotopic (exact) mass is 790 g/mol. The van der Waals surface area contributed by atoms with Gasteiger partial charge < -0.3 is 35.1 Å². The number of imide groups is 2. The second-order valence-electron chi connectivity index (χ2n) is 13.6. The Morgan fingerprint density at radius 2 is 1.40 bits per heavy atom. The number of hydrogen-bond donors (Lipinski definition) is 5. The number of benzene rings is 4. The first-order chi connectivity index (χ1) is 28.1. The summed E-state index contributed by atoms with van der Waals surface area (Å²) in [4.78, 5) is 63.4. The highest BCUT2D eigenvalue weighted by Crippen LogP contribution is 2.36. The molecule has 0 bridgehead atoms. The molecule has 5 amide bonds. The van der Waals surface area contributed by atoms with Crippen molar-refractivity contribution in [2.75, 3.05) is 51.4 Å². The Balaban J connectivity index is 0.867. The minimum absolute atomic E-state index is 0.0481. The lowest BCUT2D eigenvalue weighted by Gasteiger charge is -2.27. The third kappa shape index (κ3) is 10.1. The van der Waals surface area contributed by atoms with Gasteiger partial charge in [-0.1, -0.05) is 49.4 Å². The fourth-order valence-corrected chi connectivity index (χ4v) is 6.90. The van der Waals surface area contributed by atoms with E-state index in [1.807, 2.05) is 48.5 Å². The molecule has 1 unspecified atom stereocenters. The molecule has 1 saturated heterocycles. The van der Waals surface area contributed by atoms with Crippen LogP contribution < -0.4 is 20.7 Å². The normalized spacial score (nSPS) is 15.5. The van der Waals surface area contributed by atoms with E-state index in [1.165, 1.54) is 6.07 Å². The van der Waals surface area contributed by atoms with Crippen molar-refractivity contribution in [1.29, 1.82) is 0 Å². The molecule has 14 heteroatoms. The standard InChI is InChI=1S/C44H46N4O10/c1-2-34(28-6-12-31(49)13-7-28)40(29-8-14-32(50)15-9-29)30-10-16-33(17-11-30)58-25-22-46-38(51)20-23-56-26-27-57-24-21-45-36-5-3-4-35-41(36)44(55)48(43(35)54)37-18-19-39(52)47-42(37)53/h3-17,37,45,49-50H,2,18-27H2,1H3,(H,46,51)(H,47,52,53). The Kier molecular flexibility index (Phi) is 13.9. The van der Waals surface area contributed by atoms with Gasteiger partial charge in [0.25, 0.3) is 11.8 Å². The fraction of sp³-hybridized carbons (Fsp3) is 0.295. The Morgan fingerprint density at radius 3 is 2.05 bits per heavy atom. The molecule has 1 atom stereocenters. The number of nitrogens with one attached hydrogen (secondary N) is 3. The average molecular weight is 791 g/mol. The summed E-state index contributed by atoms with van der Waals surface area (Å²) in [7, 11) is 0. The Morgan fingerprint density at radius 1 is 0.759 bits per heavy atom. The van der Waals surface area contributed by atoms with Gasteiger partial charge in [-0.05, 0) is 89.2 Å². The van der Waals surface area contributed by atoms with Gasteiger partial charge in [-0.2, -0.15) is 0 Å². The summed E-state index contributed by atoms with van der Waals surface area (Å²) < 4.78 is 17.0. The first kappa shape index (κ1) is 41.1. The van der Waals surface area contributed by atoms with Gasteiger partial charge in [0.15, 0.2) is 0 Å². The van der Waals surface area contributed by atoms with Crippen molar-refractivity contribution < 1.29 is 48.4 Å². The number of carbonyl (C=O) groups is 5. The van der Waals surface area contributed by atoms with Gasteiger partial charge in [0.1, 0.15) is 29.9 Å². The molecule has 0 radical (unpaired) electrons. The van der Waals surface area contributed by atoms with Crippen LogP contribution in [0.15, 0.2) is 91.0 Å². The highest BCUT2D eigenvalue weighted by Gasteiger charge is 2.45. The lowest BCUT2D eigenvalue weighted by atomic mass is 9.88. The minimum Gasteiger partial charge on any atom is -0.508 e. The van der Waals surface area contributed by atoms with Crippen molar-refractivity contribution in [3.05, 3.63) is 119 Å².